The topological polar surface area (TPSA) is 94.0 Å². The van der Waals surface area contributed by atoms with E-state index in [9.17, 15) is 14.3 Å². The number of hydrogen-bond acceptors (Lipinski definition) is 6. The summed E-state index contributed by atoms with van der Waals surface area (Å²) in [6.45, 7) is 10.4. The lowest BCUT2D eigenvalue weighted by molar-refractivity contribution is -0.0109. The normalized spacial score (nSPS) is 22.9. The number of ether oxygens (including phenoxy) is 1. The van der Waals surface area contributed by atoms with Gasteiger partial charge in [0.05, 0.1) is 12.4 Å². The Morgan fingerprint density at radius 2 is 1.83 bits per heavy atom. The number of hydrogen-bond donors (Lipinski definition) is 3. The number of H-pyrrole nitrogens is 1. The quantitative estimate of drug-likeness (QED) is 0.286. The number of halogens is 1. The van der Waals surface area contributed by atoms with Crippen molar-refractivity contribution in [2.45, 2.75) is 45.4 Å². The van der Waals surface area contributed by atoms with Gasteiger partial charge in [0.2, 0.25) is 0 Å². The van der Waals surface area contributed by atoms with Crippen molar-refractivity contribution in [3.63, 3.8) is 0 Å². The molecule has 3 N–H and O–H groups in total. The van der Waals surface area contributed by atoms with Gasteiger partial charge >= 0.3 is 0 Å². The molecule has 4 aromatic rings. The summed E-state index contributed by atoms with van der Waals surface area (Å²) < 4.78 is 25.4. The molecule has 2 fully saturated rings. The second kappa shape index (κ2) is 11.8. The number of carbonyl (C=O) groups is 1. The Bertz CT molecular complexity index is 1500. The number of rotatable bonds is 8. The second-order valence-electron chi connectivity index (χ2n) is 11.9. The second-order valence-corrected chi connectivity index (χ2v) is 11.9. The number of nitrogens with one attached hydrogen (secondary N) is 2. The Hall–Kier alpha value is -3.40. The van der Waals surface area contributed by atoms with E-state index in [-0.39, 0.29) is 30.5 Å². The summed E-state index contributed by atoms with van der Waals surface area (Å²) in [5, 5.41) is 14.9. The minimum atomic E-state index is -0.322. The fraction of sp³-hybridized carbons (Fsp3) is 0.469. The zero-order valence-electron chi connectivity index (χ0n) is 23.7. The number of aliphatic hydroxyl groups excluding tert-OH is 1. The standard InChI is InChI=1S/C32H39FN4O4/c1-20-16-37(17-21(2)31(20)38)13-12-36-10-8-24(9-11-36)34-32(39)28-15-26-27(35-28)4-3-5-29(26)40-18-22-19-41-30-7-6-23(33)14-25(22)30/h3-7,14-15,19-21,24,31,35,38H,8-13,16-18H2,1-2H3,(H,34,39)/t20-,21+,31?. The van der Waals surface area contributed by atoms with Gasteiger partial charge in [0.15, 0.2) is 0 Å². The third-order valence-electron chi connectivity index (χ3n) is 8.78. The van der Waals surface area contributed by atoms with Gasteiger partial charge in [-0.2, -0.15) is 0 Å². The highest BCUT2D eigenvalue weighted by Crippen LogP contribution is 2.29. The maximum absolute atomic E-state index is 13.7. The summed E-state index contributed by atoms with van der Waals surface area (Å²) in [6, 6.07) is 12.1. The van der Waals surface area contributed by atoms with Gasteiger partial charge in [0.1, 0.15) is 29.5 Å². The van der Waals surface area contributed by atoms with E-state index >= 15 is 0 Å². The number of aromatic nitrogens is 1. The zero-order valence-corrected chi connectivity index (χ0v) is 23.7. The van der Waals surface area contributed by atoms with Crippen LogP contribution in [0.1, 0.15) is 42.7 Å². The first-order valence-electron chi connectivity index (χ1n) is 14.7. The van der Waals surface area contributed by atoms with Gasteiger partial charge in [0, 0.05) is 67.2 Å². The average Bonchev–Trinajstić information content (AvgIpc) is 3.59. The van der Waals surface area contributed by atoms with Crippen molar-refractivity contribution in [3.05, 3.63) is 65.8 Å². The molecular formula is C32H39FN4O4. The van der Waals surface area contributed by atoms with E-state index in [4.69, 9.17) is 9.15 Å². The van der Waals surface area contributed by atoms with Crippen LogP contribution in [0.15, 0.2) is 53.1 Å². The molecule has 1 amide bonds. The van der Waals surface area contributed by atoms with Gasteiger partial charge in [-0.1, -0.05) is 19.9 Å². The van der Waals surface area contributed by atoms with Crippen molar-refractivity contribution < 1.29 is 23.4 Å². The number of nitrogens with zero attached hydrogens (tertiary/aromatic N) is 2. The Labute approximate surface area is 239 Å². The van der Waals surface area contributed by atoms with E-state index in [0.29, 0.717) is 34.2 Å². The fourth-order valence-electron chi connectivity index (χ4n) is 6.39. The van der Waals surface area contributed by atoms with Crippen LogP contribution in [0.25, 0.3) is 21.9 Å². The first kappa shape index (κ1) is 27.8. The molecule has 218 valence electrons. The van der Waals surface area contributed by atoms with Gasteiger partial charge in [-0.3, -0.25) is 4.79 Å². The van der Waals surface area contributed by atoms with Gasteiger partial charge < -0.3 is 34.4 Å². The molecule has 8 nitrogen and oxygen atoms in total. The third-order valence-corrected chi connectivity index (χ3v) is 8.78. The molecular weight excluding hydrogens is 523 g/mol. The predicted octanol–water partition coefficient (Wildman–Crippen LogP) is 4.78. The molecule has 0 radical (unpaired) electrons. The summed E-state index contributed by atoms with van der Waals surface area (Å²) in [6.07, 6.45) is 3.23. The maximum Gasteiger partial charge on any atom is 0.267 e. The smallest absolute Gasteiger partial charge is 0.267 e. The van der Waals surface area contributed by atoms with Crippen molar-refractivity contribution in [1.29, 1.82) is 0 Å². The molecule has 0 saturated carbocycles. The van der Waals surface area contributed by atoms with Crippen LogP contribution in [0.2, 0.25) is 0 Å². The lowest BCUT2D eigenvalue weighted by atomic mass is 9.88. The zero-order chi connectivity index (χ0) is 28.5. The highest BCUT2D eigenvalue weighted by molar-refractivity contribution is 5.99. The third kappa shape index (κ3) is 6.12. The molecule has 0 bridgehead atoms. The molecule has 0 aliphatic carbocycles. The largest absolute Gasteiger partial charge is 0.488 e. The monoisotopic (exact) mass is 562 g/mol. The van der Waals surface area contributed by atoms with Crippen LogP contribution in [-0.4, -0.2) is 77.2 Å². The van der Waals surface area contributed by atoms with Crippen LogP contribution in [0, 0.1) is 17.7 Å². The van der Waals surface area contributed by atoms with Crippen molar-refractivity contribution in [2.24, 2.45) is 11.8 Å². The highest BCUT2D eigenvalue weighted by Gasteiger charge is 2.30. The van der Waals surface area contributed by atoms with Crippen molar-refractivity contribution in [3.8, 4) is 5.75 Å². The van der Waals surface area contributed by atoms with E-state index < -0.39 is 0 Å². The molecule has 2 aromatic heterocycles. The molecule has 2 aliphatic rings. The highest BCUT2D eigenvalue weighted by atomic mass is 19.1. The lowest BCUT2D eigenvalue weighted by Gasteiger charge is -2.40. The number of carbonyl (C=O) groups excluding carboxylic acids is 1. The number of amides is 1. The molecule has 2 saturated heterocycles. The predicted molar refractivity (Wildman–Crippen MR) is 157 cm³/mol. The van der Waals surface area contributed by atoms with Crippen molar-refractivity contribution >= 4 is 27.8 Å². The van der Waals surface area contributed by atoms with E-state index in [1.54, 1.807) is 12.3 Å². The Morgan fingerprint density at radius 3 is 2.61 bits per heavy atom. The summed E-state index contributed by atoms with van der Waals surface area (Å²) in [5.41, 5.74) is 2.70. The molecule has 1 unspecified atom stereocenters. The van der Waals surface area contributed by atoms with Crippen LogP contribution in [0.3, 0.4) is 0 Å². The maximum atomic E-state index is 13.7. The molecule has 3 atom stereocenters. The number of furan rings is 1. The molecule has 4 heterocycles. The van der Waals surface area contributed by atoms with Crippen LogP contribution in [0.4, 0.5) is 4.39 Å². The van der Waals surface area contributed by atoms with E-state index in [0.717, 1.165) is 68.6 Å². The minimum Gasteiger partial charge on any atom is -0.488 e. The lowest BCUT2D eigenvalue weighted by Crippen LogP contribution is -2.50. The molecule has 2 aromatic carbocycles. The molecule has 41 heavy (non-hydrogen) atoms. The SMILES string of the molecule is C[C@@H]1CN(CCN2CCC(NC(=O)c3cc4c(OCc5coc6ccc(F)cc56)cccc4[nH]3)CC2)C[C@H](C)C1O. The number of fused-ring (bicyclic) bond motifs is 2. The Balaban J connectivity index is 1.02. The van der Waals surface area contributed by atoms with Gasteiger partial charge in [0.25, 0.3) is 5.91 Å². The Kier molecular flexibility index (Phi) is 8.01. The van der Waals surface area contributed by atoms with Crippen LogP contribution < -0.4 is 10.1 Å². The van der Waals surface area contributed by atoms with E-state index in [1.807, 2.05) is 24.3 Å². The number of benzene rings is 2. The first-order valence-corrected chi connectivity index (χ1v) is 14.7. The summed E-state index contributed by atoms with van der Waals surface area (Å²) in [4.78, 5) is 21.3. The molecule has 0 spiro atoms. The summed E-state index contributed by atoms with van der Waals surface area (Å²) in [7, 11) is 0. The van der Waals surface area contributed by atoms with Crippen molar-refractivity contribution in [2.75, 3.05) is 39.3 Å². The fourth-order valence-corrected chi connectivity index (χ4v) is 6.39. The van der Waals surface area contributed by atoms with Gasteiger partial charge in [-0.15, -0.1) is 0 Å². The average molecular weight is 563 g/mol. The number of likely N-dealkylation sites (tertiary alicyclic amines) is 2. The van der Waals surface area contributed by atoms with Crippen LogP contribution in [0.5, 0.6) is 5.75 Å². The van der Waals surface area contributed by atoms with Crippen molar-refractivity contribution in [1.82, 2.24) is 20.1 Å². The summed E-state index contributed by atoms with van der Waals surface area (Å²) >= 11 is 0. The molecule has 2 aliphatic heterocycles. The first-order chi connectivity index (χ1) is 19.8. The minimum absolute atomic E-state index is 0.114. The van der Waals surface area contributed by atoms with E-state index in [1.165, 1.54) is 12.1 Å². The van der Waals surface area contributed by atoms with Gasteiger partial charge in [-0.25, -0.2) is 4.39 Å². The van der Waals surface area contributed by atoms with Gasteiger partial charge in [-0.05, 0) is 61.1 Å². The molecule has 9 heteroatoms. The van der Waals surface area contributed by atoms with E-state index in [2.05, 4.69) is 33.9 Å². The summed E-state index contributed by atoms with van der Waals surface area (Å²) in [5.74, 6) is 0.836. The Morgan fingerprint density at radius 1 is 1.07 bits per heavy atom. The van der Waals surface area contributed by atoms with Crippen LogP contribution in [-0.2, 0) is 6.61 Å². The molecule has 6 rings (SSSR count). The number of aromatic amines is 1. The number of piperidine rings is 2. The van der Waals surface area contributed by atoms with Crippen LogP contribution >= 0.6 is 0 Å². The number of aliphatic hydroxyl groups is 1.